The fraction of sp³-hybridized carbons (Fsp3) is 0.333. The summed E-state index contributed by atoms with van der Waals surface area (Å²) in [5.74, 6) is 0. The molecule has 0 N–H and O–H groups in total. The minimum Gasteiger partial charge on any atom is -0.0842 e. The van der Waals surface area contributed by atoms with Gasteiger partial charge in [0.2, 0.25) is 0 Å². The lowest BCUT2D eigenvalue weighted by atomic mass is 9.92. The summed E-state index contributed by atoms with van der Waals surface area (Å²) in [5, 5.41) is 0. The Morgan fingerprint density at radius 1 is 1.08 bits per heavy atom. The van der Waals surface area contributed by atoms with Gasteiger partial charge < -0.3 is 0 Å². The lowest BCUT2D eigenvalue weighted by molar-refractivity contribution is 0.888. The summed E-state index contributed by atoms with van der Waals surface area (Å²) in [7, 11) is 0. The Morgan fingerprint density at radius 3 is 2.67 bits per heavy atom. The zero-order chi connectivity index (χ0) is 8.23. The summed E-state index contributed by atoms with van der Waals surface area (Å²) in [6, 6.07) is 0. The van der Waals surface area contributed by atoms with Crippen LogP contribution in [-0.2, 0) is 0 Å². The van der Waals surface area contributed by atoms with Crippen molar-refractivity contribution in [3.8, 4) is 0 Å². The topological polar surface area (TPSA) is 0 Å². The maximum absolute atomic E-state index is 3.21. The molecule has 0 aromatic carbocycles. The molecule has 2 aliphatic carbocycles. The van der Waals surface area contributed by atoms with E-state index in [-0.39, 0.29) is 0 Å². The molecular formula is C12H13. The zero-order valence-electron chi connectivity index (χ0n) is 7.22. The van der Waals surface area contributed by atoms with Crippen molar-refractivity contribution in [3.63, 3.8) is 0 Å². The van der Waals surface area contributed by atoms with Crippen LogP contribution in [0.4, 0.5) is 0 Å². The van der Waals surface area contributed by atoms with E-state index in [4.69, 9.17) is 0 Å². The molecule has 0 heteroatoms. The molecule has 0 atom stereocenters. The van der Waals surface area contributed by atoms with Crippen LogP contribution >= 0.6 is 0 Å². The molecule has 0 aliphatic heterocycles. The number of hydrogen-bond acceptors (Lipinski definition) is 0. The monoisotopic (exact) mass is 157 g/mol. The van der Waals surface area contributed by atoms with Gasteiger partial charge in [-0.25, -0.2) is 0 Å². The Balaban J connectivity index is 2.17. The molecule has 0 spiro atoms. The van der Waals surface area contributed by atoms with Crippen LogP contribution in [0.3, 0.4) is 0 Å². The molecule has 0 saturated carbocycles. The van der Waals surface area contributed by atoms with Gasteiger partial charge in [0.25, 0.3) is 0 Å². The third kappa shape index (κ3) is 1.58. The summed E-state index contributed by atoms with van der Waals surface area (Å²) < 4.78 is 0. The highest BCUT2D eigenvalue weighted by Gasteiger charge is 2.06. The van der Waals surface area contributed by atoms with Crippen LogP contribution in [0.5, 0.6) is 0 Å². The predicted molar refractivity (Wildman–Crippen MR) is 51.6 cm³/mol. The van der Waals surface area contributed by atoms with E-state index in [2.05, 4.69) is 36.5 Å². The van der Waals surface area contributed by atoms with E-state index in [1.54, 1.807) is 0 Å². The summed E-state index contributed by atoms with van der Waals surface area (Å²) in [6.07, 6.45) is 18.8. The summed E-state index contributed by atoms with van der Waals surface area (Å²) in [4.78, 5) is 0. The molecule has 0 heterocycles. The van der Waals surface area contributed by atoms with Gasteiger partial charge in [-0.05, 0) is 42.9 Å². The van der Waals surface area contributed by atoms with Crippen LogP contribution in [-0.4, -0.2) is 0 Å². The third-order valence-electron chi connectivity index (χ3n) is 2.37. The van der Waals surface area contributed by atoms with E-state index >= 15 is 0 Å². The smallest absolute Gasteiger partial charge is 0.0235 e. The molecule has 0 amide bonds. The first-order valence-corrected chi connectivity index (χ1v) is 4.58. The van der Waals surface area contributed by atoms with Crippen molar-refractivity contribution in [3.05, 3.63) is 47.6 Å². The Morgan fingerprint density at radius 2 is 2.00 bits per heavy atom. The Labute approximate surface area is 74.0 Å². The predicted octanol–water partition coefficient (Wildman–Crippen LogP) is 3.34. The van der Waals surface area contributed by atoms with Gasteiger partial charge in [0.1, 0.15) is 0 Å². The summed E-state index contributed by atoms with van der Waals surface area (Å²) in [5.41, 5.74) is 3.04. The SMILES string of the molecule is [C]1=CC=C(C2=CC=CCC2)CC1. The molecule has 61 valence electrons. The van der Waals surface area contributed by atoms with E-state index in [0.29, 0.717) is 0 Å². The van der Waals surface area contributed by atoms with Crippen LogP contribution in [0.1, 0.15) is 25.7 Å². The first-order chi connectivity index (χ1) is 5.97. The van der Waals surface area contributed by atoms with Crippen molar-refractivity contribution in [2.45, 2.75) is 25.7 Å². The average molecular weight is 157 g/mol. The zero-order valence-corrected chi connectivity index (χ0v) is 7.22. The van der Waals surface area contributed by atoms with Crippen LogP contribution in [0.2, 0.25) is 0 Å². The van der Waals surface area contributed by atoms with Crippen molar-refractivity contribution < 1.29 is 0 Å². The van der Waals surface area contributed by atoms with E-state index in [0.717, 1.165) is 6.42 Å². The third-order valence-corrected chi connectivity index (χ3v) is 2.37. The second kappa shape index (κ2) is 3.57. The first-order valence-electron chi connectivity index (χ1n) is 4.58. The molecule has 12 heavy (non-hydrogen) atoms. The number of hydrogen-bond donors (Lipinski definition) is 0. The standard InChI is InChI=1S/C12H13/c1-3-7-11(8-4-1)12-9-5-2-6-10-12/h1,3,5,7,9H,4,6,8,10H2. The van der Waals surface area contributed by atoms with Crippen LogP contribution < -0.4 is 0 Å². The number of rotatable bonds is 1. The summed E-state index contributed by atoms with van der Waals surface area (Å²) in [6.45, 7) is 0. The summed E-state index contributed by atoms with van der Waals surface area (Å²) >= 11 is 0. The van der Waals surface area contributed by atoms with E-state index in [1.807, 2.05) is 0 Å². The van der Waals surface area contributed by atoms with Gasteiger partial charge >= 0.3 is 0 Å². The Kier molecular flexibility index (Phi) is 2.26. The van der Waals surface area contributed by atoms with Gasteiger partial charge in [-0.2, -0.15) is 0 Å². The molecule has 0 aromatic heterocycles. The maximum atomic E-state index is 3.21. The van der Waals surface area contributed by atoms with E-state index in [9.17, 15) is 0 Å². The van der Waals surface area contributed by atoms with E-state index in [1.165, 1.54) is 30.4 Å². The van der Waals surface area contributed by atoms with Gasteiger partial charge in [0, 0.05) is 0 Å². The van der Waals surface area contributed by atoms with Crippen LogP contribution in [0.15, 0.2) is 41.5 Å². The van der Waals surface area contributed by atoms with Crippen molar-refractivity contribution in [2.24, 2.45) is 0 Å². The van der Waals surface area contributed by atoms with Gasteiger partial charge in [0.05, 0.1) is 0 Å². The second-order valence-corrected chi connectivity index (χ2v) is 3.22. The minimum atomic E-state index is 1.09. The fourth-order valence-corrected chi connectivity index (χ4v) is 1.67. The van der Waals surface area contributed by atoms with E-state index < -0.39 is 0 Å². The highest BCUT2D eigenvalue weighted by molar-refractivity contribution is 5.39. The molecule has 0 fully saturated rings. The minimum absolute atomic E-state index is 1.09. The Bertz CT molecular complexity index is 244. The van der Waals surface area contributed by atoms with Gasteiger partial charge in [-0.1, -0.05) is 30.4 Å². The second-order valence-electron chi connectivity index (χ2n) is 3.22. The normalized spacial score (nSPS) is 22.0. The molecular weight excluding hydrogens is 144 g/mol. The first kappa shape index (κ1) is 7.60. The quantitative estimate of drug-likeness (QED) is 0.547. The highest BCUT2D eigenvalue weighted by Crippen LogP contribution is 2.25. The maximum Gasteiger partial charge on any atom is -0.0235 e. The van der Waals surface area contributed by atoms with Crippen molar-refractivity contribution in [2.75, 3.05) is 0 Å². The van der Waals surface area contributed by atoms with Crippen molar-refractivity contribution in [1.29, 1.82) is 0 Å². The molecule has 0 nitrogen and oxygen atoms in total. The van der Waals surface area contributed by atoms with Gasteiger partial charge in [-0.3, -0.25) is 0 Å². The molecule has 1 radical (unpaired) electrons. The van der Waals surface area contributed by atoms with Gasteiger partial charge in [-0.15, -0.1) is 0 Å². The van der Waals surface area contributed by atoms with Crippen LogP contribution in [0.25, 0.3) is 0 Å². The highest BCUT2D eigenvalue weighted by atomic mass is 14.1. The van der Waals surface area contributed by atoms with Crippen molar-refractivity contribution in [1.82, 2.24) is 0 Å². The van der Waals surface area contributed by atoms with Gasteiger partial charge in [0.15, 0.2) is 0 Å². The molecule has 0 unspecified atom stereocenters. The molecule has 0 aromatic rings. The lowest BCUT2D eigenvalue weighted by Crippen LogP contribution is -1.94. The molecule has 0 saturated heterocycles. The average Bonchev–Trinajstić information content (AvgIpc) is 2.21. The lowest BCUT2D eigenvalue weighted by Gasteiger charge is -2.14. The number of allylic oxidation sites excluding steroid dienone is 8. The van der Waals surface area contributed by atoms with Crippen LogP contribution in [0, 0.1) is 6.08 Å². The molecule has 2 aliphatic rings. The fourth-order valence-electron chi connectivity index (χ4n) is 1.67. The molecule has 2 rings (SSSR count). The molecule has 0 bridgehead atoms. The Hall–Kier alpha value is -1.04. The van der Waals surface area contributed by atoms with Crippen molar-refractivity contribution >= 4 is 0 Å². The largest absolute Gasteiger partial charge is 0.0842 e.